The van der Waals surface area contributed by atoms with Crippen molar-refractivity contribution in [1.29, 1.82) is 0 Å². The molecule has 0 aromatic rings. The lowest BCUT2D eigenvalue weighted by atomic mass is 10.0. The predicted octanol–water partition coefficient (Wildman–Crippen LogP) is 23.1. The van der Waals surface area contributed by atoms with E-state index in [9.17, 15) is 14.4 Å². The van der Waals surface area contributed by atoms with Gasteiger partial charge in [-0.2, -0.15) is 0 Å². The molecule has 0 amide bonds. The van der Waals surface area contributed by atoms with Crippen molar-refractivity contribution >= 4 is 17.9 Å². The van der Waals surface area contributed by atoms with E-state index in [0.717, 1.165) is 89.9 Å². The number of allylic oxidation sites excluding steroid dienone is 10. The minimum Gasteiger partial charge on any atom is -0.462 e. The lowest BCUT2D eigenvalue weighted by molar-refractivity contribution is -0.167. The summed E-state index contributed by atoms with van der Waals surface area (Å²) < 4.78 is 16.9. The third-order valence-corrected chi connectivity index (χ3v) is 15.0. The van der Waals surface area contributed by atoms with Crippen molar-refractivity contribution in [3.63, 3.8) is 0 Å². The van der Waals surface area contributed by atoms with E-state index in [2.05, 4.69) is 81.5 Å². The molecule has 0 fully saturated rings. The first-order valence-corrected chi connectivity index (χ1v) is 33.8. The SMILES string of the molecule is CC/C=C\C/C=C\C/C=C\C/C=C\C/C=C\CCCCCCCCCCCCCCCCCCCCCC(=O)OCC(COC(=O)CCCCCCCCCCCCCC)OC(=O)CCCCCCCCCCCCCC. The van der Waals surface area contributed by atoms with Crippen LogP contribution in [0.3, 0.4) is 0 Å². The van der Waals surface area contributed by atoms with Gasteiger partial charge in [-0.25, -0.2) is 0 Å². The molecule has 0 aliphatic carbocycles. The summed E-state index contributed by atoms with van der Waals surface area (Å²) in [6.07, 6.45) is 84.0. The number of carbonyl (C=O) groups is 3. The van der Waals surface area contributed by atoms with Gasteiger partial charge in [0.2, 0.25) is 0 Å². The van der Waals surface area contributed by atoms with Crippen LogP contribution in [0, 0.1) is 0 Å². The summed E-state index contributed by atoms with van der Waals surface area (Å²) in [6.45, 7) is 6.57. The Morgan fingerprint density at radius 1 is 0.273 bits per heavy atom. The summed E-state index contributed by atoms with van der Waals surface area (Å²) in [5.41, 5.74) is 0. The van der Waals surface area contributed by atoms with Crippen LogP contribution in [0.2, 0.25) is 0 Å². The number of esters is 3. The summed E-state index contributed by atoms with van der Waals surface area (Å²) in [5, 5.41) is 0. The molecule has 6 heteroatoms. The van der Waals surface area contributed by atoms with Gasteiger partial charge in [-0.15, -0.1) is 0 Å². The molecule has 6 nitrogen and oxygen atoms in total. The molecular formula is C71H128O6. The van der Waals surface area contributed by atoms with E-state index in [0.29, 0.717) is 19.3 Å². The Morgan fingerprint density at radius 3 is 0.792 bits per heavy atom. The van der Waals surface area contributed by atoms with Crippen molar-refractivity contribution in [3.05, 3.63) is 60.8 Å². The number of ether oxygens (including phenoxy) is 3. The molecule has 0 saturated heterocycles. The van der Waals surface area contributed by atoms with Crippen LogP contribution in [-0.2, 0) is 28.6 Å². The van der Waals surface area contributed by atoms with E-state index in [-0.39, 0.29) is 31.1 Å². The van der Waals surface area contributed by atoms with Crippen LogP contribution in [0.15, 0.2) is 60.8 Å². The van der Waals surface area contributed by atoms with E-state index < -0.39 is 6.10 Å². The second-order valence-corrected chi connectivity index (χ2v) is 22.7. The van der Waals surface area contributed by atoms with Gasteiger partial charge in [0, 0.05) is 19.3 Å². The van der Waals surface area contributed by atoms with Crippen LogP contribution < -0.4 is 0 Å². The first-order chi connectivity index (χ1) is 38.0. The Bertz CT molecular complexity index is 1380. The minimum atomic E-state index is -0.766. The molecule has 0 aliphatic heterocycles. The molecule has 0 heterocycles. The van der Waals surface area contributed by atoms with Gasteiger partial charge in [0.25, 0.3) is 0 Å². The lowest BCUT2D eigenvalue weighted by Crippen LogP contribution is -2.30. The van der Waals surface area contributed by atoms with Crippen molar-refractivity contribution in [2.45, 2.75) is 361 Å². The van der Waals surface area contributed by atoms with E-state index in [4.69, 9.17) is 14.2 Å². The molecule has 0 saturated carbocycles. The van der Waals surface area contributed by atoms with Gasteiger partial charge in [-0.05, 0) is 64.2 Å². The monoisotopic (exact) mass is 1080 g/mol. The van der Waals surface area contributed by atoms with Gasteiger partial charge in [0.05, 0.1) is 0 Å². The highest BCUT2D eigenvalue weighted by Crippen LogP contribution is 2.18. The van der Waals surface area contributed by atoms with Crippen molar-refractivity contribution < 1.29 is 28.6 Å². The molecule has 1 atom stereocenters. The van der Waals surface area contributed by atoms with Crippen LogP contribution in [0.5, 0.6) is 0 Å². The highest BCUT2D eigenvalue weighted by Gasteiger charge is 2.19. The normalized spacial score (nSPS) is 12.4. The lowest BCUT2D eigenvalue weighted by Gasteiger charge is -2.18. The van der Waals surface area contributed by atoms with Crippen LogP contribution in [0.4, 0.5) is 0 Å². The third-order valence-electron chi connectivity index (χ3n) is 15.0. The van der Waals surface area contributed by atoms with Gasteiger partial charge < -0.3 is 14.2 Å². The summed E-state index contributed by atoms with van der Waals surface area (Å²) in [7, 11) is 0. The predicted molar refractivity (Wildman–Crippen MR) is 335 cm³/mol. The summed E-state index contributed by atoms with van der Waals surface area (Å²) in [6, 6.07) is 0. The standard InChI is InChI=1S/C71H128O6/c1-4-7-10-13-16-19-22-25-26-27-28-29-30-31-32-33-34-35-36-37-38-39-40-41-42-43-44-45-46-47-50-52-55-58-61-64-70(73)76-67-68(77-71(74)65-62-59-56-53-49-24-21-18-15-12-9-6-3)66-75-69(72)63-60-57-54-51-48-23-20-17-14-11-8-5-2/h7,10,16,19,25-26,28-29,31-32,68H,4-6,8-9,11-15,17-18,20-24,27,30,33-67H2,1-3H3/b10-7-,19-16-,26-25-,29-28-,32-31-. The average Bonchev–Trinajstić information content (AvgIpc) is 3.43. The fourth-order valence-electron chi connectivity index (χ4n) is 10.0. The third kappa shape index (κ3) is 63.8. The molecule has 77 heavy (non-hydrogen) atoms. The topological polar surface area (TPSA) is 78.9 Å². The average molecular weight is 1080 g/mol. The zero-order chi connectivity index (χ0) is 55.7. The quantitative estimate of drug-likeness (QED) is 0.0261. The zero-order valence-electron chi connectivity index (χ0n) is 51.5. The number of rotatable bonds is 62. The zero-order valence-corrected chi connectivity index (χ0v) is 51.5. The van der Waals surface area contributed by atoms with Crippen molar-refractivity contribution in [3.8, 4) is 0 Å². The fraction of sp³-hybridized carbons (Fsp3) is 0.817. The van der Waals surface area contributed by atoms with Gasteiger partial charge in [-0.3, -0.25) is 14.4 Å². The molecule has 0 spiro atoms. The minimum absolute atomic E-state index is 0.0659. The maximum atomic E-state index is 12.8. The molecule has 0 aromatic carbocycles. The van der Waals surface area contributed by atoms with E-state index in [1.807, 2.05) is 0 Å². The molecule has 0 rings (SSSR count). The van der Waals surface area contributed by atoms with Crippen molar-refractivity contribution in [2.75, 3.05) is 13.2 Å². The largest absolute Gasteiger partial charge is 0.462 e. The van der Waals surface area contributed by atoms with Crippen LogP contribution >= 0.6 is 0 Å². The summed E-state index contributed by atoms with van der Waals surface area (Å²) in [5.74, 6) is -0.844. The maximum absolute atomic E-state index is 12.8. The van der Waals surface area contributed by atoms with Gasteiger partial charge in [-0.1, -0.05) is 332 Å². The van der Waals surface area contributed by atoms with Crippen LogP contribution in [0.25, 0.3) is 0 Å². The van der Waals surface area contributed by atoms with Crippen molar-refractivity contribution in [1.82, 2.24) is 0 Å². The Morgan fingerprint density at radius 2 is 0.506 bits per heavy atom. The van der Waals surface area contributed by atoms with E-state index in [1.54, 1.807) is 0 Å². The Balaban J connectivity index is 4.02. The smallest absolute Gasteiger partial charge is 0.306 e. The van der Waals surface area contributed by atoms with Crippen LogP contribution in [0.1, 0.15) is 355 Å². The van der Waals surface area contributed by atoms with Crippen molar-refractivity contribution in [2.24, 2.45) is 0 Å². The van der Waals surface area contributed by atoms with E-state index in [1.165, 1.54) is 225 Å². The molecule has 448 valence electrons. The number of hydrogen-bond donors (Lipinski definition) is 0. The fourth-order valence-corrected chi connectivity index (χ4v) is 10.0. The van der Waals surface area contributed by atoms with Gasteiger partial charge in [0.1, 0.15) is 13.2 Å². The van der Waals surface area contributed by atoms with Gasteiger partial charge >= 0.3 is 17.9 Å². The summed E-state index contributed by atoms with van der Waals surface area (Å²) >= 11 is 0. The highest BCUT2D eigenvalue weighted by atomic mass is 16.6. The number of carbonyl (C=O) groups excluding carboxylic acids is 3. The molecule has 0 bridgehead atoms. The van der Waals surface area contributed by atoms with E-state index >= 15 is 0 Å². The summed E-state index contributed by atoms with van der Waals surface area (Å²) in [4.78, 5) is 38.2. The highest BCUT2D eigenvalue weighted by molar-refractivity contribution is 5.71. The van der Waals surface area contributed by atoms with Crippen LogP contribution in [-0.4, -0.2) is 37.2 Å². The first-order valence-electron chi connectivity index (χ1n) is 33.8. The second kappa shape index (κ2) is 65.6. The van der Waals surface area contributed by atoms with Gasteiger partial charge in [0.15, 0.2) is 6.10 Å². The first kappa shape index (κ1) is 74.1. The second-order valence-electron chi connectivity index (χ2n) is 22.7. The number of hydrogen-bond acceptors (Lipinski definition) is 6. The molecule has 0 aromatic heterocycles. The Kier molecular flexibility index (Phi) is 63.2. The Hall–Kier alpha value is -2.89. The molecule has 0 radical (unpaired) electrons. The maximum Gasteiger partial charge on any atom is 0.306 e. The molecule has 0 N–H and O–H groups in total. The molecule has 1 unspecified atom stereocenters. The number of unbranched alkanes of at least 4 members (excludes halogenated alkanes) is 41. The Labute approximate surface area is 479 Å². The molecule has 0 aliphatic rings. The molecular weight excluding hydrogens is 949 g/mol.